The van der Waals surface area contributed by atoms with Crippen molar-refractivity contribution in [3.05, 3.63) is 35.7 Å². The van der Waals surface area contributed by atoms with Crippen LogP contribution in [-0.2, 0) is 9.53 Å². The van der Waals surface area contributed by atoms with E-state index in [0.29, 0.717) is 5.92 Å². The van der Waals surface area contributed by atoms with Crippen LogP contribution in [0.2, 0.25) is 0 Å². The van der Waals surface area contributed by atoms with Crippen LogP contribution in [0.15, 0.2) is 29.4 Å². The van der Waals surface area contributed by atoms with Gasteiger partial charge in [0.25, 0.3) is 0 Å². The number of hydrogen-bond donors (Lipinski definition) is 0. The first-order chi connectivity index (χ1) is 11.3. The second-order valence-corrected chi connectivity index (χ2v) is 8.11. The minimum atomic E-state index is -0.471. The third-order valence-electron chi connectivity index (χ3n) is 3.60. The number of esters is 1. The highest BCUT2D eigenvalue weighted by Crippen LogP contribution is 2.41. The number of ether oxygens (including phenoxy) is 1. The summed E-state index contributed by atoms with van der Waals surface area (Å²) in [6.07, 6.45) is 2.31. The molecule has 1 aliphatic rings. The number of nitrogens with zero attached hydrogens (tertiary/aromatic N) is 3. The third kappa shape index (κ3) is 4.17. The summed E-state index contributed by atoms with van der Waals surface area (Å²) in [5.74, 6) is 1.46. The number of hydrogen-bond acceptors (Lipinski definition) is 5. The van der Waals surface area contributed by atoms with E-state index in [0.717, 1.165) is 29.5 Å². The van der Waals surface area contributed by atoms with Gasteiger partial charge in [0.05, 0.1) is 5.75 Å². The van der Waals surface area contributed by atoms with E-state index in [9.17, 15) is 4.79 Å². The zero-order chi connectivity index (χ0) is 17.3. The van der Waals surface area contributed by atoms with Gasteiger partial charge in [0.15, 0.2) is 5.16 Å². The Kier molecular flexibility index (Phi) is 4.67. The fourth-order valence-corrected chi connectivity index (χ4v) is 3.22. The van der Waals surface area contributed by atoms with E-state index < -0.39 is 5.60 Å². The molecule has 0 aliphatic heterocycles. The van der Waals surface area contributed by atoms with Gasteiger partial charge in [-0.3, -0.25) is 9.36 Å². The molecule has 5 nitrogen and oxygen atoms in total. The Balaban J connectivity index is 1.82. The minimum Gasteiger partial charge on any atom is -0.459 e. The van der Waals surface area contributed by atoms with Crippen molar-refractivity contribution in [3.8, 4) is 5.69 Å². The molecule has 1 saturated carbocycles. The van der Waals surface area contributed by atoms with Gasteiger partial charge in [-0.25, -0.2) is 0 Å². The van der Waals surface area contributed by atoms with Crippen molar-refractivity contribution < 1.29 is 9.53 Å². The first kappa shape index (κ1) is 17.0. The molecule has 1 aromatic carbocycles. The maximum atomic E-state index is 12.0. The zero-order valence-corrected chi connectivity index (χ0v) is 15.4. The standard InChI is InChI=1S/C18H23N3O2S/c1-12-6-5-7-14(10-12)21-16(13-8-9-13)19-20-17(21)24-11-15(22)23-18(2,3)4/h5-7,10,13H,8-9,11H2,1-4H3. The molecule has 1 heterocycles. The first-order valence-corrected chi connectivity index (χ1v) is 9.19. The molecule has 24 heavy (non-hydrogen) atoms. The van der Waals surface area contributed by atoms with Crippen molar-refractivity contribution in [2.45, 2.75) is 57.2 Å². The lowest BCUT2D eigenvalue weighted by atomic mass is 10.2. The third-order valence-corrected chi connectivity index (χ3v) is 4.50. The van der Waals surface area contributed by atoms with Gasteiger partial charge < -0.3 is 4.74 Å². The maximum absolute atomic E-state index is 12.0. The largest absolute Gasteiger partial charge is 0.459 e. The molecule has 0 saturated heterocycles. The summed E-state index contributed by atoms with van der Waals surface area (Å²) in [6.45, 7) is 7.68. The Morgan fingerprint density at radius 3 is 2.71 bits per heavy atom. The predicted molar refractivity (Wildman–Crippen MR) is 94.6 cm³/mol. The SMILES string of the molecule is Cc1cccc(-n2c(SCC(=O)OC(C)(C)C)nnc2C2CC2)c1. The summed E-state index contributed by atoms with van der Waals surface area (Å²) in [4.78, 5) is 12.0. The second kappa shape index (κ2) is 6.59. The molecule has 6 heteroatoms. The Hall–Kier alpha value is -1.82. The van der Waals surface area contributed by atoms with Crippen LogP contribution in [0.3, 0.4) is 0 Å². The lowest BCUT2D eigenvalue weighted by molar-refractivity contribution is -0.151. The molecule has 1 fully saturated rings. The molecule has 0 spiro atoms. The van der Waals surface area contributed by atoms with Crippen LogP contribution >= 0.6 is 11.8 Å². The van der Waals surface area contributed by atoms with E-state index >= 15 is 0 Å². The summed E-state index contributed by atoms with van der Waals surface area (Å²) in [7, 11) is 0. The van der Waals surface area contributed by atoms with E-state index in [2.05, 4.69) is 39.9 Å². The first-order valence-electron chi connectivity index (χ1n) is 8.20. The van der Waals surface area contributed by atoms with E-state index in [1.165, 1.54) is 17.3 Å². The lowest BCUT2D eigenvalue weighted by Gasteiger charge is -2.19. The van der Waals surface area contributed by atoms with E-state index in [1.807, 2.05) is 26.8 Å². The summed E-state index contributed by atoms with van der Waals surface area (Å²) >= 11 is 1.38. The van der Waals surface area contributed by atoms with Crippen LogP contribution < -0.4 is 0 Å². The van der Waals surface area contributed by atoms with Gasteiger partial charge in [0.1, 0.15) is 11.4 Å². The highest BCUT2D eigenvalue weighted by Gasteiger charge is 2.31. The normalized spacial score (nSPS) is 14.7. The van der Waals surface area contributed by atoms with Crippen molar-refractivity contribution in [1.29, 1.82) is 0 Å². The summed E-state index contributed by atoms with van der Waals surface area (Å²) in [6, 6.07) is 8.27. The number of carbonyl (C=O) groups is 1. The molecule has 0 unspecified atom stereocenters. The average Bonchev–Trinajstić information content (AvgIpc) is 3.23. The average molecular weight is 345 g/mol. The van der Waals surface area contributed by atoms with Crippen molar-refractivity contribution in [2.75, 3.05) is 5.75 Å². The fraction of sp³-hybridized carbons (Fsp3) is 0.500. The molecule has 2 aromatic rings. The van der Waals surface area contributed by atoms with Gasteiger partial charge in [0, 0.05) is 11.6 Å². The van der Waals surface area contributed by atoms with Crippen LogP contribution in [0, 0.1) is 6.92 Å². The quantitative estimate of drug-likeness (QED) is 0.608. The molecule has 1 aliphatic carbocycles. The molecule has 3 rings (SSSR count). The van der Waals surface area contributed by atoms with E-state index in [-0.39, 0.29) is 11.7 Å². The van der Waals surface area contributed by atoms with Crippen LogP contribution in [-0.4, -0.2) is 32.1 Å². The highest BCUT2D eigenvalue weighted by atomic mass is 32.2. The molecular weight excluding hydrogens is 322 g/mol. The van der Waals surface area contributed by atoms with Crippen molar-refractivity contribution >= 4 is 17.7 Å². The Morgan fingerprint density at radius 2 is 2.08 bits per heavy atom. The summed E-state index contributed by atoms with van der Waals surface area (Å²) in [5.41, 5.74) is 1.76. The monoisotopic (exact) mass is 345 g/mol. The molecule has 0 atom stereocenters. The lowest BCUT2D eigenvalue weighted by Crippen LogP contribution is -2.25. The van der Waals surface area contributed by atoms with Gasteiger partial charge in [-0.05, 0) is 58.2 Å². The minimum absolute atomic E-state index is 0.228. The topological polar surface area (TPSA) is 57.0 Å². The van der Waals surface area contributed by atoms with Gasteiger partial charge in [-0.15, -0.1) is 10.2 Å². The molecule has 0 N–H and O–H groups in total. The number of benzene rings is 1. The van der Waals surface area contributed by atoms with Gasteiger partial charge in [-0.1, -0.05) is 23.9 Å². The molecule has 128 valence electrons. The molecule has 1 aromatic heterocycles. The number of carbonyl (C=O) groups excluding carboxylic acids is 1. The smallest absolute Gasteiger partial charge is 0.316 e. The fourth-order valence-electron chi connectivity index (χ4n) is 2.48. The van der Waals surface area contributed by atoms with Crippen LogP contribution in [0.5, 0.6) is 0 Å². The van der Waals surface area contributed by atoms with Gasteiger partial charge in [0.2, 0.25) is 0 Å². The summed E-state index contributed by atoms with van der Waals surface area (Å²) < 4.78 is 7.46. The van der Waals surface area contributed by atoms with Gasteiger partial charge >= 0.3 is 5.97 Å². The number of rotatable bonds is 5. The van der Waals surface area contributed by atoms with E-state index in [1.54, 1.807) is 0 Å². The van der Waals surface area contributed by atoms with E-state index in [4.69, 9.17) is 4.74 Å². The zero-order valence-electron chi connectivity index (χ0n) is 14.6. The van der Waals surface area contributed by atoms with Crippen LogP contribution in [0.25, 0.3) is 5.69 Å². The molecule has 0 amide bonds. The Bertz CT molecular complexity index is 745. The van der Waals surface area contributed by atoms with Gasteiger partial charge in [-0.2, -0.15) is 0 Å². The second-order valence-electron chi connectivity index (χ2n) is 7.16. The highest BCUT2D eigenvalue weighted by molar-refractivity contribution is 7.99. The molecular formula is C18H23N3O2S. The van der Waals surface area contributed by atoms with Crippen molar-refractivity contribution in [3.63, 3.8) is 0 Å². The van der Waals surface area contributed by atoms with Crippen LogP contribution in [0.1, 0.15) is 50.9 Å². The number of aryl methyl sites for hydroxylation is 1. The predicted octanol–water partition coefficient (Wildman–Crippen LogP) is 3.89. The number of aromatic nitrogens is 3. The number of thioether (sulfide) groups is 1. The molecule has 0 bridgehead atoms. The van der Waals surface area contributed by atoms with Crippen LogP contribution in [0.4, 0.5) is 0 Å². The van der Waals surface area contributed by atoms with Crippen molar-refractivity contribution in [1.82, 2.24) is 14.8 Å². The Morgan fingerprint density at radius 1 is 1.33 bits per heavy atom. The Labute approximate surface area is 146 Å². The molecule has 0 radical (unpaired) electrons. The maximum Gasteiger partial charge on any atom is 0.316 e. The summed E-state index contributed by atoms with van der Waals surface area (Å²) in [5, 5.41) is 9.44. The van der Waals surface area contributed by atoms with Crippen molar-refractivity contribution in [2.24, 2.45) is 0 Å².